The van der Waals surface area contributed by atoms with Crippen LogP contribution in [0.2, 0.25) is 5.15 Å². The largest absolute Gasteiger partial charge is 0.342 e. The number of aryl methyl sites for hydroxylation is 1. The molecule has 1 aromatic heterocycles. The molecule has 2 aromatic rings. The van der Waals surface area contributed by atoms with E-state index in [9.17, 15) is 0 Å². The minimum Gasteiger partial charge on any atom is -0.342 e. The second kappa shape index (κ2) is 5.19. The number of hydrogen-bond donors (Lipinski definition) is 0. The van der Waals surface area contributed by atoms with Gasteiger partial charge >= 0.3 is 0 Å². The Hall–Kier alpha value is -1.54. The molecule has 0 fully saturated rings. The predicted octanol–water partition coefficient (Wildman–Crippen LogP) is 4.20. The van der Waals surface area contributed by atoms with E-state index in [1.54, 1.807) is 6.20 Å². The number of halogens is 1. The summed E-state index contributed by atoms with van der Waals surface area (Å²) in [5.41, 5.74) is 3.49. The first-order valence-electron chi connectivity index (χ1n) is 5.66. The molecule has 0 spiro atoms. The Labute approximate surface area is 107 Å². The molecule has 0 aliphatic carbocycles. The first kappa shape index (κ1) is 11.9. The predicted molar refractivity (Wildman–Crippen MR) is 73.1 cm³/mol. The van der Waals surface area contributed by atoms with Crippen LogP contribution in [0.4, 0.5) is 11.4 Å². The van der Waals surface area contributed by atoms with Crippen LogP contribution in [0, 0.1) is 6.92 Å². The third-order valence-corrected chi connectivity index (χ3v) is 2.89. The van der Waals surface area contributed by atoms with Gasteiger partial charge in [0.25, 0.3) is 0 Å². The fourth-order valence-corrected chi connectivity index (χ4v) is 1.97. The molecule has 0 aliphatic heterocycles. The SMILES string of the molecule is CCN(c1ccc(C)cc1)c1ccnc(Cl)c1. The van der Waals surface area contributed by atoms with Crippen molar-refractivity contribution in [3.63, 3.8) is 0 Å². The van der Waals surface area contributed by atoms with Gasteiger partial charge in [-0.1, -0.05) is 29.3 Å². The average molecular weight is 247 g/mol. The number of pyridine rings is 1. The fraction of sp³-hybridized carbons (Fsp3) is 0.214. The van der Waals surface area contributed by atoms with Gasteiger partial charge in [-0.25, -0.2) is 4.98 Å². The second-order valence-corrected chi connectivity index (χ2v) is 4.30. The lowest BCUT2D eigenvalue weighted by molar-refractivity contribution is 1.02. The first-order chi connectivity index (χ1) is 8.20. The van der Waals surface area contributed by atoms with Crippen LogP contribution in [0.15, 0.2) is 42.6 Å². The van der Waals surface area contributed by atoms with Crippen molar-refractivity contribution in [3.05, 3.63) is 53.3 Å². The van der Waals surface area contributed by atoms with Gasteiger partial charge in [-0.15, -0.1) is 0 Å². The van der Waals surface area contributed by atoms with Crippen molar-refractivity contribution >= 4 is 23.0 Å². The lowest BCUT2D eigenvalue weighted by atomic mass is 10.2. The topological polar surface area (TPSA) is 16.1 Å². The van der Waals surface area contributed by atoms with Crippen molar-refractivity contribution in [3.8, 4) is 0 Å². The second-order valence-electron chi connectivity index (χ2n) is 3.92. The Morgan fingerprint density at radius 1 is 1.12 bits per heavy atom. The molecule has 2 rings (SSSR count). The number of aromatic nitrogens is 1. The van der Waals surface area contributed by atoms with Gasteiger partial charge in [0.2, 0.25) is 0 Å². The molecule has 1 heterocycles. The van der Waals surface area contributed by atoms with Crippen LogP contribution in [0.5, 0.6) is 0 Å². The van der Waals surface area contributed by atoms with Crippen LogP contribution < -0.4 is 4.90 Å². The maximum absolute atomic E-state index is 5.92. The summed E-state index contributed by atoms with van der Waals surface area (Å²) >= 11 is 5.92. The lowest BCUT2D eigenvalue weighted by Crippen LogP contribution is -2.15. The zero-order valence-corrected chi connectivity index (χ0v) is 10.8. The lowest BCUT2D eigenvalue weighted by Gasteiger charge is -2.23. The fourth-order valence-electron chi connectivity index (χ4n) is 1.80. The summed E-state index contributed by atoms with van der Waals surface area (Å²) < 4.78 is 0. The van der Waals surface area contributed by atoms with E-state index in [-0.39, 0.29) is 0 Å². The van der Waals surface area contributed by atoms with Crippen molar-refractivity contribution in [2.75, 3.05) is 11.4 Å². The monoisotopic (exact) mass is 246 g/mol. The van der Waals surface area contributed by atoms with E-state index in [1.807, 2.05) is 12.1 Å². The van der Waals surface area contributed by atoms with Gasteiger partial charge in [0, 0.05) is 24.1 Å². The summed E-state index contributed by atoms with van der Waals surface area (Å²) in [7, 11) is 0. The molecule has 0 aliphatic rings. The number of nitrogens with zero attached hydrogens (tertiary/aromatic N) is 2. The molecule has 0 radical (unpaired) electrons. The van der Waals surface area contributed by atoms with Gasteiger partial charge in [0.1, 0.15) is 5.15 Å². The Morgan fingerprint density at radius 2 is 1.82 bits per heavy atom. The first-order valence-corrected chi connectivity index (χ1v) is 6.04. The molecular formula is C14H15ClN2. The summed E-state index contributed by atoms with van der Waals surface area (Å²) in [6, 6.07) is 12.3. The molecular weight excluding hydrogens is 232 g/mol. The molecule has 0 saturated carbocycles. The van der Waals surface area contributed by atoms with Gasteiger partial charge < -0.3 is 4.90 Å². The van der Waals surface area contributed by atoms with E-state index in [0.717, 1.165) is 12.2 Å². The molecule has 0 amide bonds. The Balaban J connectivity index is 2.36. The highest BCUT2D eigenvalue weighted by Crippen LogP contribution is 2.26. The van der Waals surface area contributed by atoms with Gasteiger partial charge in [0.15, 0.2) is 0 Å². The zero-order chi connectivity index (χ0) is 12.3. The Morgan fingerprint density at radius 3 is 2.41 bits per heavy atom. The summed E-state index contributed by atoms with van der Waals surface area (Å²) in [5, 5.41) is 0.521. The maximum Gasteiger partial charge on any atom is 0.131 e. The van der Waals surface area contributed by atoms with E-state index in [0.29, 0.717) is 5.15 Å². The van der Waals surface area contributed by atoms with Crippen LogP contribution in [0.25, 0.3) is 0 Å². The van der Waals surface area contributed by atoms with E-state index in [4.69, 9.17) is 11.6 Å². The van der Waals surface area contributed by atoms with Crippen LogP contribution >= 0.6 is 11.6 Å². The number of anilines is 2. The van der Waals surface area contributed by atoms with E-state index < -0.39 is 0 Å². The van der Waals surface area contributed by atoms with E-state index >= 15 is 0 Å². The Kier molecular flexibility index (Phi) is 3.64. The van der Waals surface area contributed by atoms with Crippen molar-refractivity contribution in [2.45, 2.75) is 13.8 Å². The van der Waals surface area contributed by atoms with Gasteiger partial charge in [-0.3, -0.25) is 0 Å². The molecule has 0 bridgehead atoms. The van der Waals surface area contributed by atoms with Crippen molar-refractivity contribution in [1.29, 1.82) is 0 Å². The normalized spacial score (nSPS) is 10.3. The Bertz CT molecular complexity index is 494. The van der Waals surface area contributed by atoms with Crippen molar-refractivity contribution in [1.82, 2.24) is 4.98 Å². The molecule has 2 nitrogen and oxygen atoms in total. The third-order valence-electron chi connectivity index (χ3n) is 2.68. The van der Waals surface area contributed by atoms with Crippen LogP contribution in [-0.4, -0.2) is 11.5 Å². The standard InChI is InChI=1S/C14H15ClN2/c1-3-17(12-6-4-11(2)5-7-12)13-8-9-16-14(15)10-13/h4-10H,3H2,1-2H3. The molecule has 0 atom stereocenters. The van der Waals surface area contributed by atoms with E-state index in [2.05, 4.69) is 48.0 Å². The summed E-state index contributed by atoms with van der Waals surface area (Å²) in [5.74, 6) is 0. The molecule has 88 valence electrons. The molecule has 0 unspecified atom stereocenters. The maximum atomic E-state index is 5.92. The zero-order valence-electron chi connectivity index (χ0n) is 10.0. The number of hydrogen-bond acceptors (Lipinski definition) is 2. The highest BCUT2D eigenvalue weighted by atomic mass is 35.5. The smallest absolute Gasteiger partial charge is 0.131 e. The summed E-state index contributed by atoms with van der Waals surface area (Å²) in [6.45, 7) is 5.10. The number of rotatable bonds is 3. The average Bonchev–Trinajstić information content (AvgIpc) is 2.33. The molecule has 17 heavy (non-hydrogen) atoms. The third kappa shape index (κ3) is 2.77. The summed E-state index contributed by atoms with van der Waals surface area (Å²) in [6.07, 6.45) is 1.73. The van der Waals surface area contributed by atoms with Gasteiger partial charge in [-0.05, 0) is 38.1 Å². The molecule has 3 heteroatoms. The van der Waals surface area contributed by atoms with Crippen molar-refractivity contribution < 1.29 is 0 Å². The quantitative estimate of drug-likeness (QED) is 0.755. The van der Waals surface area contributed by atoms with Gasteiger partial charge in [-0.2, -0.15) is 0 Å². The highest BCUT2D eigenvalue weighted by Gasteiger charge is 2.07. The van der Waals surface area contributed by atoms with Crippen LogP contribution in [0.1, 0.15) is 12.5 Å². The minimum absolute atomic E-state index is 0.521. The van der Waals surface area contributed by atoms with Crippen LogP contribution in [-0.2, 0) is 0 Å². The van der Waals surface area contributed by atoms with Gasteiger partial charge in [0.05, 0.1) is 0 Å². The van der Waals surface area contributed by atoms with Crippen molar-refractivity contribution in [2.24, 2.45) is 0 Å². The van der Waals surface area contributed by atoms with Crippen LogP contribution in [0.3, 0.4) is 0 Å². The minimum atomic E-state index is 0.521. The molecule has 0 N–H and O–H groups in total. The summed E-state index contributed by atoms with van der Waals surface area (Å²) in [4.78, 5) is 6.20. The van der Waals surface area contributed by atoms with E-state index in [1.165, 1.54) is 11.3 Å². The number of benzene rings is 1. The molecule has 1 aromatic carbocycles. The molecule has 0 saturated heterocycles. The highest BCUT2D eigenvalue weighted by molar-refractivity contribution is 6.29.